The molecule has 26 heavy (non-hydrogen) atoms. The van der Waals surface area contributed by atoms with Gasteiger partial charge in [-0.3, -0.25) is 4.79 Å². The highest BCUT2D eigenvalue weighted by Crippen LogP contribution is 2.18. The van der Waals surface area contributed by atoms with Gasteiger partial charge in [-0.25, -0.2) is 4.39 Å². The molecule has 1 aromatic heterocycles. The van der Waals surface area contributed by atoms with Crippen LogP contribution in [0.1, 0.15) is 31.5 Å². The number of hydrogen-bond acceptors (Lipinski definition) is 4. The first-order chi connectivity index (χ1) is 12.4. The molecule has 0 radical (unpaired) electrons. The number of halogens is 2. The molecule has 3 rings (SSSR count). The lowest BCUT2D eigenvalue weighted by atomic mass is 10.1. The van der Waals surface area contributed by atoms with Crippen LogP contribution >= 0.6 is 11.6 Å². The van der Waals surface area contributed by atoms with E-state index in [2.05, 4.69) is 20.7 Å². The number of nitrogens with one attached hydrogen (secondary N) is 1. The average molecular weight is 374 g/mol. The lowest BCUT2D eigenvalue weighted by molar-refractivity contribution is -0.125. The molecular weight excluding hydrogens is 357 g/mol. The van der Waals surface area contributed by atoms with E-state index in [0.717, 1.165) is 11.1 Å². The van der Waals surface area contributed by atoms with Crippen molar-refractivity contribution in [2.75, 3.05) is 0 Å². The summed E-state index contributed by atoms with van der Waals surface area (Å²) in [7, 11) is 0. The molecule has 0 fully saturated rings. The van der Waals surface area contributed by atoms with E-state index in [1.165, 1.54) is 16.9 Å². The lowest BCUT2D eigenvalue weighted by Gasteiger charge is -2.17. The van der Waals surface area contributed by atoms with Gasteiger partial charge in [0.1, 0.15) is 11.9 Å². The van der Waals surface area contributed by atoms with Crippen molar-refractivity contribution in [3.63, 3.8) is 0 Å². The molecule has 0 aliphatic carbocycles. The van der Waals surface area contributed by atoms with Crippen LogP contribution in [0.2, 0.25) is 5.02 Å². The Balaban J connectivity index is 1.68. The second-order valence-electron chi connectivity index (χ2n) is 5.90. The molecule has 0 saturated heterocycles. The fourth-order valence-corrected chi connectivity index (χ4v) is 2.50. The Morgan fingerprint density at radius 2 is 1.77 bits per heavy atom. The monoisotopic (exact) mass is 373 g/mol. The number of hydrogen-bond donors (Lipinski definition) is 1. The Morgan fingerprint density at radius 1 is 1.12 bits per heavy atom. The van der Waals surface area contributed by atoms with E-state index in [9.17, 15) is 9.18 Å². The Kier molecular flexibility index (Phi) is 5.27. The Hall–Kier alpha value is -2.80. The Labute approximate surface area is 155 Å². The topological polar surface area (TPSA) is 72.7 Å². The number of carbonyl (C=O) groups excluding carboxylic acids is 1. The van der Waals surface area contributed by atoms with Crippen molar-refractivity contribution < 1.29 is 9.18 Å². The number of aromatic nitrogens is 4. The zero-order valence-electron chi connectivity index (χ0n) is 14.2. The first kappa shape index (κ1) is 18.0. The van der Waals surface area contributed by atoms with E-state index in [1.807, 2.05) is 6.92 Å². The number of nitrogens with zero attached hydrogens (tertiary/aromatic N) is 4. The van der Waals surface area contributed by atoms with Crippen molar-refractivity contribution in [1.82, 2.24) is 25.5 Å². The number of tetrazole rings is 1. The smallest absolute Gasteiger partial charge is 0.246 e. The van der Waals surface area contributed by atoms with E-state index >= 15 is 0 Å². The van der Waals surface area contributed by atoms with Gasteiger partial charge in [0.2, 0.25) is 11.7 Å². The maximum atomic E-state index is 13.0. The Morgan fingerprint density at radius 3 is 2.42 bits per heavy atom. The second kappa shape index (κ2) is 7.61. The zero-order valence-corrected chi connectivity index (χ0v) is 15.0. The summed E-state index contributed by atoms with van der Waals surface area (Å²) in [4.78, 5) is 13.7. The van der Waals surface area contributed by atoms with Crippen molar-refractivity contribution in [2.45, 2.75) is 25.9 Å². The minimum atomic E-state index is -0.647. The van der Waals surface area contributed by atoms with Gasteiger partial charge in [-0.05, 0) is 61.0 Å². The quantitative estimate of drug-likeness (QED) is 0.742. The molecule has 6 nitrogen and oxygen atoms in total. The molecule has 0 bridgehead atoms. The first-order valence-electron chi connectivity index (χ1n) is 8.05. The van der Waals surface area contributed by atoms with Crippen molar-refractivity contribution in [2.24, 2.45) is 0 Å². The van der Waals surface area contributed by atoms with Crippen molar-refractivity contribution >= 4 is 17.5 Å². The van der Waals surface area contributed by atoms with Gasteiger partial charge in [0, 0.05) is 10.6 Å². The molecular formula is C18H17ClFN5O. The van der Waals surface area contributed by atoms with Gasteiger partial charge < -0.3 is 5.32 Å². The van der Waals surface area contributed by atoms with Gasteiger partial charge in [-0.15, -0.1) is 10.2 Å². The van der Waals surface area contributed by atoms with Gasteiger partial charge >= 0.3 is 0 Å². The van der Waals surface area contributed by atoms with E-state index in [0.29, 0.717) is 10.8 Å². The van der Waals surface area contributed by atoms with Gasteiger partial charge in [0.25, 0.3) is 0 Å². The summed E-state index contributed by atoms with van der Waals surface area (Å²) in [6.07, 6.45) is 0. The summed E-state index contributed by atoms with van der Waals surface area (Å²) in [6.45, 7) is 3.51. The SMILES string of the molecule is CC(NC(=O)C(C)n1nnc(-c2ccc(Cl)cc2)n1)c1ccc(F)cc1. The minimum absolute atomic E-state index is 0.262. The highest BCUT2D eigenvalue weighted by Gasteiger charge is 2.20. The van der Waals surface area contributed by atoms with Crippen LogP contribution in [0.5, 0.6) is 0 Å². The van der Waals surface area contributed by atoms with E-state index in [1.54, 1.807) is 43.3 Å². The number of rotatable bonds is 5. The molecule has 1 N–H and O–H groups in total. The van der Waals surface area contributed by atoms with Crippen molar-refractivity contribution in [3.8, 4) is 11.4 Å². The van der Waals surface area contributed by atoms with Gasteiger partial charge in [0.05, 0.1) is 6.04 Å². The third kappa shape index (κ3) is 4.05. The van der Waals surface area contributed by atoms with Crippen LogP contribution in [0, 0.1) is 5.82 Å². The van der Waals surface area contributed by atoms with Gasteiger partial charge in [-0.2, -0.15) is 4.80 Å². The van der Waals surface area contributed by atoms with Crippen LogP contribution < -0.4 is 5.32 Å². The maximum absolute atomic E-state index is 13.0. The predicted octanol–water partition coefficient (Wildman–Crippen LogP) is 3.57. The van der Waals surface area contributed by atoms with Crippen LogP contribution in [-0.4, -0.2) is 26.1 Å². The van der Waals surface area contributed by atoms with Crippen LogP contribution in [0.25, 0.3) is 11.4 Å². The number of amides is 1. The van der Waals surface area contributed by atoms with Crippen molar-refractivity contribution in [1.29, 1.82) is 0 Å². The number of benzene rings is 2. The van der Waals surface area contributed by atoms with E-state index < -0.39 is 6.04 Å². The summed E-state index contributed by atoms with van der Waals surface area (Å²) in [5.74, 6) is -0.169. The highest BCUT2D eigenvalue weighted by atomic mass is 35.5. The van der Waals surface area contributed by atoms with Gasteiger partial charge in [0.15, 0.2) is 0 Å². The predicted molar refractivity (Wildman–Crippen MR) is 95.9 cm³/mol. The molecule has 134 valence electrons. The summed E-state index contributed by atoms with van der Waals surface area (Å²) in [6, 6.07) is 12.1. The standard InChI is InChI=1S/C18H17ClFN5O/c1-11(13-5-9-16(20)10-6-13)21-18(26)12(2)25-23-17(22-24-25)14-3-7-15(19)8-4-14/h3-12H,1-2H3,(H,21,26). The van der Waals surface area contributed by atoms with E-state index in [4.69, 9.17) is 11.6 Å². The van der Waals surface area contributed by atoms with Crippen LogP contribution in [-0.2, 0) is 4.79 Å². The minimum Gasteiger partial charge on any atom is -0.348 e. The summed E-state index contributed by atoms with van der Waals surface area (Å²) < 4.78 is 13.0. The molecule has 0 aliphatic rings. The molecule has 2 atom stereocenters. The molecule has 0 saturated carbocycles. The van der Waals surface area contributed by atoms with Crippen LogP contribution in [0.3, 0.4) is 0 Å². The fraction of sp³-hybridized carbons (Fsp3) is 0.222. The summed E-state index contributed by atoms with van der Waals surface area (Å²) in [5, 5.41) is 15.7. The molecule has 0 aliphatic heterocycles. The average Bonchev–Trinajstić information content (AvgIpc) is 3.12. The summed E-state index contributed by atoms with van der Waals surface area (Å²) >= 11 is 5.87. The number of carbonyl (C=O) groups is 1. The van der Waals surface area contributed by atoms with Gasteiger partial charge in [-0.1, -0.05) is 23.7 Å². The highest BCUT2D eigenvalue weighted by molar-refractivity contribution is 6.30. The molecule has 2 aromatic carbocycles. The maximum Gasteiger partial charge on any atom is 0.246 e. The summed E-state index contributed by atoms with van der Waals surface area (Å²) in [5.41, 5.74) is 1.56. The third-order valence-electron chi connectivity index (χ3n) is 3.99. The molecule has 3 aromatic rings. The molecule has 8 heteroatoms. The molecule has 1 amide bonds. The molecule has 2 unspecified atom stereocenters. The largest absolute Gasteiger partial charge is 0.348 e. The first-order valence-corrected chi connectivity index (χ1v) is 8.43. The third-order valence-corrected chi connectivity index (χ3v) is 4.24. The Bertz CT molecular complexity index is 895. The van der Waals surface area contributed by atoms with Crippen LogP contribution in [0.15, 0.2) is 48.5 Å². The normalized spacial score (nSPS) is 13.2. The lowest BCUT2D eigenvalue weighted by Crippen LogP contribution is -2.34. The van der Waals surface area contributed by atoms with Crippen molar-refractivity contribution in [3.05, 3.63) is 64.9 Å². The van der Waals surface area contributed by atoms with E-state index in [-0.39, 0.29) is 17.8 Å². The fourth-order valence-electron chi connectivity index (χ4n) is 2.38. The molecule has 1 heterocycles. The zero-order chi connectivity index (χ0) is 18.7. The molecule has 0 spiro atoms. The second-order valence-corrected chi connectivity index (χ2v) is 6.33. The van der Waals surface area contributed by atoms with Crippen LogP contribution in [0.4, 0.5) is 4.39 Å².